The van der Waals surface area contributed by atoms with Crippen LogP contribution in [0.4, 0.5) is 18.9 Å². The summed E-state index contributed by atoms with van der Waals surface area (Å²) in [4.78, 5) is 6.52. The molecule has 1 aliphatic heterocycles. The third-order valence-corrected chi connectivity index (χ3v) is 6.37. The summed E-state index contributed by atoms with van der Waals surface area (Å²) in [6.45, 7) is 2.47. The van der Waals surface area contributed by atoms with E-state index in [1.54, 1.807) is 23.0 Å². The van der Waals surface area contributed by atoms with Crippen LogP contribution in [0.5, 0.6) is 5.75 Å². The minimum absolute atomic E-state index is 0.329. The molecule has 0 spiro atoms. The van der Waals surface area contributed by atoms with Gasteiger partial charge in [-0.3, -0.25) is 4.98 Å². The number of thiocarbonyl (C=S) groups is 1. The normalized spacial score (nSPS) is 17.8. The highest BCUT2D eigenvalue weighted by Crippen LogP contribution is 2.43. The molecule has 2 aromatic carbocycles. The number of hydrogen-bond donors (Lipinski definition) is 1. The third kappa shape index (κ3) is 4.54. The van der Waals surface area contributed by atoms with Crippen molar-refractivity contribution in [1.29, 1.82) is 0 Å². The van der Waals surface area contributed by atoms with Crippen LogP contribution in [0.25, 0.3) is 5.69 Å². The van der Waals surface area contributed by atoms with Crippen molar-refractivity contribution in [3.05, 3.63) is 108 Å². The number of pyridine rings is 1. The summed E-state index contributed by atoms with van der Waals surface area (Å²) in [7, 11) is 0. The van der Waals surface area contributed by atoms with Gasteiger partial charge in [0, 0.05) is 29.5 Å². The Labute approximate surface area is 212 Å². The highest BCUT2D eigenvalue weighted by molar-refractivity contribution is 7.80. The van der Waals surface area contributed by atoms with E-state index in [4.69, 9.17) is 17.0 Å². The zero-order chi connectivity index (χ0) is 25.3. The molecule has 0 unspecified atom stereocenters. The molecule has 0 saturated carbocycles. The second-order valence-corrected chi connectivity index (χ2v) is 8.66. The quantitative estimate of drug-likeness (QED) is 0.303. The van der Waals surface area contributed by atoms with Crippen LogP contribution in [-0.2, 0) is 6.18 Å². The van der Waals surface area contributed by atoms with E-state index in [0.29, 0.717) is 17.4 Å². The predicted octanol–water partition coefficient (Wildman–Crippen LogP) is 6.47. The predicted molar refractivity (Wildman–Crippen MR) is 136 cm³/mol. The van der Waals surface area contributed by atoms with Gasteiger partial charge < -0.3 is 19.5 Å². The molecule has 1 N–H and O–H groups in total. The molecule has 184 valence electrons. The van der Waals surface area contributed by atoms with Gasteiger partial charge in [0.2, 0.25) is 0 Å². The van der Waals surface area contributed by atoms with Crippen molar-refractivity contribution < 1.29 is 17.9 Å². The average Bonchev–Trinajstić information content (AvgIpc) is 3.49. The van der Waals surface area contributed by atoms with E-state index in [-0.39, 0.29) is 12.1 Å². The number of rotatable bonds is 6. The number of anilines is 1. The van der Waals surface area contributed by atoms with Crippen molar-refractivity contribution in [2.45, 2.75) is 25.2 Å². The van der Waals surface area contributed by atoms with Crippen LogP contribution in [0.15, 0.2) is 91.3 Å². The summed E-state index contributed by atoms with van der Waals surface area (Å²) >= 11 is 5.76. The van der Waals surface area contributed by atoms with Crippen molar-refractivity contribution in [2.75, 3.05) is 11.5 Å². The van der Waals surface area contributed by atoms with Crippen molar-refractivity contribution in [3.8, 4) is 11.4 Å². The van der Waals surface area contributed by atoms with Gasteiger partial charge in [0.05, 0.1) is 23.9 Å². The molecule has 2 aromatic heterocycles. The summed E-state index contributed by atoms with van der Waals surface area (Å²) in [5.74, 6) is 0.740. The second-order valence-electron chi connectivity index (χ2n) is 8.27. The standard InChI is InChI=1S/C27H23F3N4OS/c1-2-35-21-13-11-19(12-14-21)34-25(24(32-26(34)36)22-9-3-4-15-31-22)23-10-6-16-33(23)20-8-5-7-18(17-20)27(28,29)30/h3-17,24-25H,2H2,1H3,(H,32,36)/t24-,25-/m1/s1. The molecule has 5 rings (SSSR count). The molecule has 1 fully saturated rings. The molecule has 9 heteroatoms. The highest BCUT2D eigenvalue weighted by atomic mass is 32.1. The SMILES string of the molecule is CCOc1ccc(N2C(=S)N[C@H](c3ccccn3)[C@H]2c2cccn2-c2cccc(C(F)(F)F)c2)cc1. The monoisotopic (exact) mass is 508 g/mol. The molecular formula is C27H23F3N4OS. The van der Waals surface area contributed by atoms with E-state index < -0.39 is 11.7 Å². The van der Waals surface area contributed by atoms with Crippen LogP contribution < -0.4 is 15.0 Å². The molecule has 0 amide bonds. The van der Waals surface area contributed by atoms with E-state index in [9.17, 15) is 13.2 Å². The Hall–Kier alpha value is -3.85. The molecular weight excluding hydrogens is 485 g/mol. The fraction of sp³-hybridized carbons (Fsp3) is 0.185. The van der Waals surface area contributed by atoms with Crippen LogP contribution >= 0.6 is 12.2 Å². The first kappa shape index (κ1) is 23.9. The first-order valence-corrected chi connectivity index (χ1v) is 11.9. The summed E-state index contributed by atoms with van der Waals surface area (Å²) in [5, 5.41) is 3.88. The van der Waals surface area contributed by atoms with Crippen LogP contribution in [0, 0.1) is 0 Å². The molecule has 4 aromatic rings. The van der Waals surface area contributed by atoms with Crippen LogP contribution in [0.2, 0.25) is 0 Å². The van der Waals surface area contributed by atoms with E-state index >= 15 is 0 Å². The largest absolute Gasteiger partial charge is 0.494 e. The second kappa shape index (κ2) is 9.66. The molecule has 0 bridgehead atoms. The van der Waals surface area contributed by atoms with Gasteiger partial charge in [0.25, 0.3) is 0 Å². The third-order valence-electron chi connectivity index (χ3n) is 6.06. The number of alkyl halides is 3. The van der Waals surface area contributed by atoms with Crippen LogP contribution in [0.3, 0.4) is 0 Å². The Balaban J connectivity index is 1.62. The average molecular weight is 509 g/mol. The van der Waals surface area contributed by atoms with Crippen LogP contribution in [0.1, 0.15) is 36.0 Å². The van der Waals surface area contributed by atoms with Crippen molar-refractivity contribution in [3.63, 3.8) is 0 Å². The lowest BCUT2D eigenvalue weighted by Gasteiger charge is -2.29. The van der Waals surface area contributed by atoms with Gasteiger partial charge >= 0.3 is 6.18 Å². The van der Waals surface area contributed by atoms with Gasteiger partial charge in [-0.25, -0.2) is 0 Å². The molecule has 36 heavy (non-hydrogen) atoms. The summed E-state index contributed by atoms with van der Waals surface area (Å²) < 4.78 is 47.7. The first-order valence-electron chi connectivity index (χ1n) is 11.4. The molecule has 1 saturated heterocycles. The van der Waals surface area contributed by atoms with Gasteiger partial charge in [-0.2, -0.15) is 13.2 Å². The fourth-order valence-corrected chi connectivity index (χ4v) is 4.85. The summed E-state index contributed by atoms with van der Waals surface area (Å²) in [6, 6.07) is 21.6. The Kier molecular flexibility index (Phi) is 6.40. The smallest absolute Gasteiger partial charge is 0.416 e. The van der Waals surface area contributed by atoms with E-state index in [2.05, 4.69) is 10.3 Å². The maximum absolute atomic E-state index is 13.5. The maximum atomic E-state index is 13.5. The Morgan fingerprint density at radius 2 is 1.78 bits per heavy atom. The lowest BCUT2D eigenvalue weighted by atomic mass is 10.0. The van der Waals surface area contributed by atoms with Gasteiger partial charge in [-0.15, -0.1) is 0 Å². The number of nitrogens with one attached hydrogen (secondary N) is 1. The number of benzene rings is 2. The zero-order valence-electron chi connectivity index (χ0n) is 19.3. The van der Waals surface area contributed by atoms with Gasteiger partial charge in [0.15, 0.2) is 5.11 Å². The molecule has 0 radical (unpaired) electrons. The molecule has 2 atom stereocenters. The number of halogens is 3. The molecule has 1 aliphatic rings. The highest BCUT2D eigenvalue weighted by Gasteiger charge is 2.42. The molecule has 0 aliphatic carbocycles. The number of ether oxygens (including phenoxy) is 1. The molecule has 3 heterocycles. The summed E-state index contributed by atoms with van der Waals surface area (Å²) in [5.41, 5.74) is 2.08. The first-order chi connectivity index (χ1) is 17.4. The van der Waals surface area contributed by atoms with E-state index in [1.807, 2.05) is 66.4 Å². The van der Waals surface area contributed by atoms with Gasteiger partial charge in [-0.1, -0.05) is 12.1 Å². The molecule has 5 nitrogen and oxygen atoms in total. The lowest BCUT2D eigenvalue weighted by molar-refractivity contribution is -0.137. The Bertz CT molecular complexity index is 1360. The lowest BCUT2D eigenvalue weighted by Crippen LogP contribution is -2.30. The fourth-order valence-electron chi connectivity index (χ4n) is 4.51. The van der Waals surface area contributed by atoms with Gasteiger partial charge in [-0.05, 0) is 85.9 Å². The van der Waals surface area contributed by atoms with Crippen molar-refractivity contribution in [2.24, 2.45) is 0 Å². The van der Waals surface area contributed by atoms with Crippen molar-refractivity contribution >= 4 is 23.0 Å². The minimum atomic E-state index is -4.44. The minimum Gasteiger partial charge on any atom is -0.494 e. The number of hydrogen-bond acceptors (Lipinski definition) is 3. The van der Waals surface area contributed by atoms with E-state index in [0.717, 1.165) is 35.0 Å². The number of aromatic nitrogens is 2. The Morgan fingerprint density at radius 3 is 2.47 bits per heavy atom. The van der Waals surface area contributed by atoms with E-state index in [1.165, 1.54) is 6.07 Å². The van der Waals surface area contributed by atoms with Gasteiger partial charge in [0.1, 0.15) is 11.8 Å². The van der Waals surface area contributed by atoms with Crippen molar-refractivity contribution in [1.82, 2.24) is 14.9 Å². The summed E-state index contributed by atoms with van der Waals surface area (Å²) in [6.07, 6.45) is -0.967. The van der Waals surface area contributed by atoms with Crippen LogP contribution in [-0.4, -0.2) is 21.3 Å². The topological polar surface area (TPSA) is 42.3 Å². The number of nitrogens with zero attached hydrogens (tertiary/aromatic N) is 3. The zero-order valence-corrected chi connectivity index (χ0v) is 20.1. The Morgan fingerprint density at radius 1 is 0.972 bits per heavy atom. The maximum Gasteiger partial charge on any atom is 0.416 e.